The molecule has 1 aromatic carbocycles. The molecule has 1 saturated carbocycles. The van der Waals surface area contributed by atoms with Crippen molar-refractivity contribution in [3.05, 3.63) is 59.3 Å². The van der Waals surface area contributed by atoms with Gasteiger partial charge >= 0.3 is 0 Å². The average molecular weight is 349 g/mol. The van der Waals surface area contributed by atoms with Crippen molar-refractivity contribution < 1.29 is 0 Å². The Kier molecular flexibility index (Phi) is 4.78. The van der Waals surface area contributed by atoms with Gasteiger partial charge in [0.25, 0.3) is 0 Å². The maximum atomic E-state index is 4.18. The molecule has 2 heterocycles. The Hall–Kier alpha value is -2.56. The summed E-state index contributed by atoms with van der Waals surface area (Å²) in [7, 11) is 0. The van der Waals surface area contributed by atoms with Crippen LogP contribution in [0.15, 0.2) is 48.2 Å². The molecule has 136 valence electrons. The van der Waals surface area contributed by atoms with Crippen molar-refractivity contribution in [2.45, 2.75) is 52.0 Å². The molecule has 0 saturated heterocycles. The van der Waals surface area contributed by atoms with Crippen LogP contribution in [0.5, 0.6) is 0 Å². The summed E-state index contributed by atoms with van der Waals surface area (Å²) in [6, 6.07) is 4.75. The fourth-order valence-corrected chi connectivity index (χ4v) is 3.71. The zero-order valence-electron chi connectivity index (χ0n) is 15.6. The Balaban J connectivity index is 1.59. The van der Waals surface area contributed by atoms with E-state index in [1.807, 2.05) is 4.68 Å². The van der Waals surface area contributed by atoms with Gasteiger partial charge in [-0.15, -0.1) is 0 Å². The molecule has 1 fully saturated rings. The van der Waals surface area contributed by atoms with Crippen molar-refractivity contribution in [2.24, 2.45) is 0 Å². The van der Waals surface area contributed by atoms with Crippen molar-refractivity contribution in [3.8, 4) is 0 Å². The summed E-state index contributed by atoms with van der Waals surface area (Å²) in [6.45, 7) is 5.89. The van der Waals surface area contributed by atoms with Crippen LogP contribution in [-0.2, 0) is 13.0 Å². The van der Waals surface area contributed by atoms with Gasteiger partial charge in [0.2, 0.25) is 0 Å². The van der Waals surface area contributed by atoms with E-state index in [0.717, 1.165) is 31.8 Å². The fourth-order valence-electron chi connectivity index (χ4n) is 3.71. The summed E-state index contributed by atoms with van der Waals surface area (Å²) < 4.78 is 1.86. The number of benzene rings is 1. The summed E-state index contributed by atoms with van der Waals surface area (Å²) >= 11 is 0. The van der Waals surface area contributed by atoms with E-state index in [0.29, 0.717) is 0 Å². The number of nitrogens with zero attached hydrogens (tertiary/aromatic N) is 3. The van der Waals surface area contributed by atoms with Gasteiger partial charge in [-0.1, -0.05) is 18.2 Å². The topological polar surface area (TPSA) is 54.8 Å². The monoisotopic (exact) mass is 349 g/mol. The number of fused-ring (bicyclic) bond motifs is 1. The van der Waals surface area contributed by atoms with Crippen LogP contribution in [0.1, 0.15) is 50.2 Å². The lowest BCUT2D eigenvalue weighted by Crippen LogP contribution is -2.12. The highest BCUT2D eigenvalue weighted by molar-refractivity contribution is 5.70. The van der Waals surface area contributed by atoms with E-state index in [2.05, 4.69) is 58.8 Å². The Bertz CT molecular complexity index is 828. The number of hydrogen-bond acceptors (Lipinski definition) is 4. The van der Waals surface area contributed by atoms with Crippen molar-refractivity contribution >= 4 is 11.4 Å². The largest absolute Gasteiger partial charge is 0.383 e. The lowest BCUT2D eigenvalue weighted by atomic mass is 9.99. The Morgan fingerprint density at radius 2 is 2.12 bits per heavy atom. The first-order chi connectivity index (χ1) is 12.8. The fraction of sp³-hybridized carbons (Fsp3) is 0.429. The predicted molar refractivity (Wildman–Crippen MR) is 106 cm³/mol. The first-order valence-electron chi connectivity index (χ1n) is 9.60. The molecular formula is C21H27N5. The molecule has 0 bridgehead atoms. The van der Waals surface area contributed by atoms with Gasteiger partial charge in [-0.05, 0) is 68.2 Å². The van der Waals surface area contributed by atoms with Gasteiger partial charge in [0.05, 0.1) is 6.54 Å². The van der Waals surface area contributed by atoms with Gasteiger partial charge in [0.15, 0.2) is 0 Å². The number of nitrogens with one attached hydrogen (secondary N) is 2. The third kappa shape index (κ3) is 3.52. The summed E-state index contributed by atoms with van der Waals surface area (Å²) in [6.07, 6.45) is 12.6. The summed E-state index contributed by atoms with van der Waals surface area (Å²) in [4.78, 5) is 4.01. The SMILES string of the molecule is C/C=C1/CCc2cc(C3CC3)c(NCCn3cncn3)cc2N/C1=C/C. The molecule has 0 unspecified atom stereocenters. The van der Waals surface area contributed by atoms with Crippen LogP contribution in [0.4, 0.5) is 11.4 Å². The zero-order chi connectivity index (χ0) is 17.9. The molecule has 2 N–H and O–H groups in total. The summed E-state index contributed by atoms with van der Waals surface area (Å²) in [5.41, 5.74) is 8.05. The highest BCUT2D eigenvalue weighted by Gasteiger charge is 2.28. The van der Waals surface area contributed by atoms with E-state index in [9.17, 15) is 0 Å². The van der Waals surface area contributed by atoms with Crippen LogP contribution >= 0.6 is 0 Å². The second-order valence-corrected chi connectivity index (χ2v) is 7.10. The first kappa shape index (κ1) is 16.9. The van der Waals surface area contributed by atoms with Gasteiger partial charge in [-0.2, -0.15) is 5.10 Å². The molecule has 1 aromatic heterocycles. The maximum Gasteiger partial charge on any atom is 0.137 e. The predicted octanol–water partition coefficient (Wildman–Crippen LogP) is 4.48. The van der Waals surface area contributed by atoms with Crippen molar-refractivity contribution in [1.29, 1.82) is 0 Å². The van der Waals surface area contributed by atoms with Gasteiger partial charge in [0, 0.05) is 23.6 Å². The normalized spacial score (nSPS) is 19.9. The van der Waals surface area contributed by atoms with Gasteiger partial charge in [-0.25, -0.2) is 4.98 Å². The molecule has 0 amide bonds. The van der Waals surface area contributed by atoms with Crippen LogP contribution in [0, 0.1) is 0 Å². The maximum absolute atomic E-state index is 4.18. The quantitative estimate of drug-likeness (QED) is 0.836. The van der Waals surface area contributed by atoms with E-state index in [4.69, 9.17) is 0 Å². The average Bonchev–Trinajstić information content (AvgIpc) is 3.40. The van der Waals surface area contributed by atoms with Crippen LogP contribution in [0.3, 0.4) is 0 Å². The van der Waals surface area contributed by atoms with E-state index >= 15 is 0 Å². The minimum atomic E-state index is 0.722. The molecule has 26 heavy (non-hydrogen) atoms. The molecule has 5 nitrogen and oxygen atoms in total. The Labute approximate surface area is 155 Å². The molecule has 5 heteroatoms. The van der Waals surface area contributed by atoms with Gasteiger partial charge in [-0.3, -0.25) is 4.68 Å². The third-order valence-corrected chi connectivity index (χ3v) is 5.33. The minimum absolute atomic E-state index is 0.722. The van der Waals surface area contributed by atoms with E-state index in [1.165, 1.54) is 46.6 Å². The van der Waals surface area contributed by atoms with Crippen LogP contribution in [0.2, 0.25) is 0 Å². The third-order valence-electron chi connectivity index (χ3n) is 5.33. The zero-order valence-corrected chi connectivity index (χ0v) is 15.6. The molecule has 1 aliphatic heterocycles. The second-order valence-electron chi connectivity index (χ2n) is 7.10. The van der Waals surface area contributed by atoms with Crippen LogP contribution in [0.25, 0.3) is 0 Å². The first-order valence-corrected chi connectivity index (χ1v) is 9.60. The van der Waals surface area contributed by atoms with Gasteiger partial charge < -0.3 is 10.6 Å². The van der Waals surface area contributed by atoms with Crippen LogP contribution < -0.4 is 10.6 Å². The van der Waals surface area contributed by atoms with E-state index < -0.39 is 0 Å². The second kappa shape index (κ2) is 7.36. The molecule has 4 rings (SSSR count). The molecular weight excluding hydrogens is 322 g/mol. The lowest BCUT2D eigenvalue weighted by Gasteiger charge is -2.17. The standard InChI is InChI=1S/C21H27N5/c1-3-15-5-8-17-11-18(16-6-7-16)21(12-20(17)25-19(15)4-2)23-9-10-26-14-22-13-24-26/h3-4,11-14,16,23,25H,5-10H2,1-2H3/b15-3-,19-4+. The number of aromatic nitrogens is 3. The van der Waals surface area contributed by atoms with Crippen LogP contribution in [-0.4, -0.2) is 21.3 Å². The lowest BCUT2D eigenvalue weighted by molar-refractivity contribution is 0.636. The molecule has 0 atom stereocenters. The Morgan fingerprint density at radius 1 is 1.23 bits per heavy atom. The van der Waals surface area contributed by atoms with Crippen molar-refractivity contribution in [2.75, 3.05) is 17.2 Å². The van der Waals surface area contributed by atoms with Crippen molar-refractivity contribution in [1.82, 2.24) is 14.8 Å². The van der Waals surface area contributed by atoms with E-state index in [1.54, 1.807) is 12.7 Å². The minimum Gasteiger partial charge on any atom is -0.383 e. The number of aryl methyl sites for hydroxylation is 1. The summed E-state index contributed by atoms with van der Waals surface area (Å²) in [5.74, 6) is 0.722. The molecule has 0 radical (unpaired) electrons. The highest BCUT2D eigenvalue weighted by atomic mass is 15.3. The van der Waals surface area contributed by atoms with E-state index in [-0.39, 0.29) is 0 Å². The molecule has 2 aliphatic rings. The van der Waals surface area contributed by atoms with Gasteiger partial charge in [0.1, 0.15) is 12.7 Å². The Morgan fingerprint density at radius 3 is 2.81 bits per heavy atom. The smallest absolute Gasteiger partial charge is 0.137 e. The molecule has 1 aliphatic carbocycles. The summed E-state index contributed by atoms with van der Waals surface area (Å²) in [5, 5.41) is 11.5. The number of hydrogen-bond donors (Lipinski definition) is 2. The number of allylic oxidation sites excluding steroid dienone is 3. The highest BCUT2D eigenvalue weighted by Crippen LogP contribution is 2.46. The number of rotatable bonds is 5. The van der Waals surface area contributed by atoms with Crippen molar-refractivity contribution in [3.63, 3.8) is 0 Å². The number of anilines is 2. The molecule has 2 aromatic rings. The molecule has 0 spiro atoms.